The number of carbonyl (C=O) groups is 1. The number of benzene rings is 1. The summed E-state index contributed by atoms with van der Waals surface area (Å²) in [6.45, 7) is 2.51. The summed E-state index contributed by atoms with van der Waals surface area (Å²) < 4.78 is 39.4. The highest BCUT2D eigenvalue weighted by molar-refractivity contribution is 5.93. The Kier molecular flexibility index (Phi) is 4.11. The van der Waals surface area contributed by atoms with E-state index in [1.165, 1.54) is 7.05 Å². The molecule has 1 fully saturated rings. The summed E-state index contributed by atoms with van der Waals surface area (Å²) in [6, 6.07) is 8.59. The van der Waals surface area contributed by atoms with Crippen molar-refractivity contribution < 1.29 is 18.0 Å². The van der Waals surface area contributed by atoms with Gasteiger partial charge in [0, 0.05) is 19.7 Å². The van der Waals surface area contributed by atoms with Crippen molar-refractivity contribution >= 4 is 5.91 Å². The first-order valence-electron chi connectivity index (χ1n) is 7.76. The maximum Gasteiger partial charge on any atom is 0.435 e. The van der Waals surface area contributed by atoms with Crippen LogP contribution in [0.1, 0.15) is 46.2 Å². The van der Waals surface area contributed by atoms with Crippen LogP contribution in [0.2, 0.25) is 0 Å². The highest BCUT2D eigenvalue weighted by Crippen LogP contribution is 2.34. The largest absolute Gasteiger partial charge is 0.435 e. The van der Waals surface area contributed by atoms with Crippen molar-refractivity contribution in [2.75, 3.05) is 6.54 Å². The number of rotatable bonds is 2. The number of likely N-dealkylation sites (tertiary alicyclic amines) is 1. The highest BCUT2D eigenvalue weighted by Gasteiger charge is 2.37. The molecule has 0 saturated carbocycles. The van der Waals surface area contributed by atoms with Gasteiger partial charge in [-0.3, -0.25) is 9.48 Å². The molecule has 2 aromatic rings. The van der Waals surface area contributed by atoms with E-state index in [0.29, 0.717) is 6.54 Å². The third-order valence-electron chi connectivity index (χ3n) is 4.33. The lowest BCUT2D eigenvalue weighted by Gasteiger charge is -2.25. The predicted molar refractivity (Wildman–Crippen MR) is 82.4 cm³/mol. The van der Waals surface area contributed by atoms with E-state index in [9.17, 15) is 18.0 Å². The number of alkyl halides is 3. The summed E-state index contributed by atoms with van der Waals surface area (Å²) in [5, 5.41) is 3.43. The van der Waals surface area contributed by atoms with Gasteiger partial charge in [0.1, 0.15) is 5.69 Å². The van der Waals surface area contributed by atoms with Crippen molar-refractivity contribution in [1.82, 2.24) is 14.7 Å². The molecule has 3 rings (SSSR count). The lowest BCUT2D eigenvalue weighted by Crippen LogP contribution is -2.32. The Morgan fingerprint density at radius 3 is 2.67 bits per heavy atom. The minimum absolute atomic E-state index is 0.0399. The Balaban J connectivity index is 1.90. The third-order valence-corrected chi connectivity index (χ3v) is 4.33. The van der Waals surface area contributed by atoms with Gasteiger partial charge in [-0.25, -0.2) is 0 Å². The molecule has 1 aliphatic rings. The molecule has 4 nitrogen and oxygen atoms in total. The molecule has 1 aromatic heterocycles. The molecule has 1 amide bonds. The molecule has 1 saturated heterocycles. The summed E-state index contributed by atoms with van der Waals surface area (Å²) >= 11 is 0. The molecule has 1 aromatic carbocycles. The van der Waals surface area contributed by atoms with E-state index in [1.807, 2.05) is 31.2 Å². The number of halogens is 3. The molecule has 0 spiro atoms. The van der Waals surface area contributed by atoms with Crippen LogP contribution in [0.5, 0.6) is 0 Å². The van der Waals surface area contributed by atoms with E-state index in [4.69, 9.17) is 0 Å². The average molecular weight is 337 g/mol. The predicted octanol–water partition coefficient (Wildman–Crippen LogP) is 3.72. The smallest absolute Gasteiger partial charge is 0.330 e. The van der Waals surface area contributed by atoms with Crippen molar-refractivity contribution in [1.29, 1.82) is 0 Å². The second kappa shape index (κ2) is 5.96. The van der Waals surface area contributed by atoms with Crippen LogP contribution in [0.4, 0.5) is 13.2 Å². The van der Waals surface area contributed by atoms with E-state index in [0.717, 1.165) is 34.7 Å². The Bertz CT molecular complexity index is 767. The highest BCUT2D eigenvalue weighted by atomic mass is 19.4. The molecule has 0 bridgehead atoms. The Morgan fingerprint density at radius 1 is 1.29 bits per heavy atom. The first kappa shape index (κ1) is 16.5. The quantitative estimate of drug-likeness (QED) is 0.838. The molecule has 1 atom stereocenters. The third kappa shape index (κ3) is 3.02. The summed E-state index contributed by atoms with van der Waals surface area (Å²) in [5.41, 5.74) is 1.02. The zero-order chi connectivity index (χ0) is 17.5. The van der Waals surface area contributed by atoms with Gasteiger partial charge in [-0.2, -0.15) is 18.3 Å². The van der Waals surface area contributed by atoms with Crippen LogP contribution >= 0.6 is 0 Å². The lowest BCUT2D eigenvalue weighted by molar-refractivity contribution is -0.141. The van der Waals surface area contributed by atoms with Crippen LogP contribution in [0, 0.1) is 6.92 Å². The van der Waals surface area contributed by atoms with Crippen molar-refractivity contribution in [3.8, 4) is 0 Å². The number of hydrogen-bond acceptors (Lipinski definition) is 2. The second-order valence-electron chi connectivity index (χ2n) is 6.11. The zero-order valence-electron chi connectivity index (χ0n) is 13.5. The molecule has 0 N–H and O–H groups in total. The molecular weight excluding hydrogens is 319 g/mol. The molecular formula is C17H18F3N3O. The van der Waals surface area contributed by atoms with Gasteiger partial charge in [-0.1, -0.05) is 29.8 Å². The maximum absolute atomic E-state index is 12.8. The molecule has 1 unspecified atom stereocenters. The minimum atomic E-state index is -4.56. The van der Waals surface area contributed by atoms with Gasteiger partial charge in [-0.05, 0) is 25.3 Å². The van der Waals surface area contributed by atoms with Crippen molar-refractivity contribution in [3.63, 3.8) is 0 Å². The standard InChI is InChI=1S/C17H18F3N3O/c1-11-5-3-6-12(9-11)13-7-4-8-23(13)16(24)14-10-15(17(18,19)20)21-22(14)2/h3,5-6,9-10,13H,4,7-8H2,1-2H3. The summed E-state index contributed by atoms with van der Waals surface area (Å²) in [4.78, 5) is 14.4. The van der Waals surface area contributed by atoms with Gasteiger partial charge in [0.05, 0.1) is 6.04 Å². The van der Waals surface area contributed by atoms with Gasteiger partial charge < -0.3 is 4.90 Å². The fourth-order valence-electron chi connectivity index (χ4n) is 3.19. The van der Waals surface area contributed by atoms with Gasteiger partial charge in [0.25, 0.3) is 5.91 Å². The van der Waals surface area contributed by atoms with Crippen molar-refractivity contribution in [3.05, 3.63) is 52.8 Å². The van der Waals surface area contributed by atoms with E-state index in [-0.39, 0.29) is 11.7 Å². The summed E-state index contributed by atoms with van der Waals surface area (Å²) in [5.74, 6) is -0.412. The van der Waals surface area contributed by atoms with Crippen molar-refractivity contribution in [2.24, 2.45) is 7.05 Å². The SMILES string of the molecule is Cc1cccc(C2CCCN2C(=O)c2cc(C(F)(F)F)nn2C)c1. The number of nitrogens with zero attached hydrogens (tertiary/aromatic N) is 3. The monoisotopic (exact) mass is 337 g/mol. The van der Waals surface area contributed by atoms with Gasteiger partial charge in [0.15, 0.2) is 5.69 Å². The molecule has 7 heteroatoms. The summed E-state index contributed by atoms with van der Waals surface area (Å²) in [7, 11) is 1.36. The van der Waals surface area contributed by atoms with Crippen LogP contribution in [0.25, 0.3) is 0 Å². The number of amides is 1. The first-order valence-corrected chi connectivity index (χ1v) is 7.76. The normalized spacial score (nSPS) is 18.2. The number of hydrogen-bond donors (Lipinski definition) is 0. The van der Waals surface area contributed by atoms with Crippen LogP contribution in [-0.4, -0.2) is 27.1 Å². The lowest BCUT2D eigenvalue weighted by atomic mass is 10.0. The zero-order valence-corrected chi connectivity index (χ0v) is 13.5. The van der Waals surface area contributed by atoms with Crippen molar-refractivity contribution in [2.45, 2.75) is 32.0 Å². The molecule has 1 aliphatic heterocycles. The Hall–Kier alpha value is -2.31. The van der Waals surface area contributed by atoms with Crippen LogP contribution < -0.4 is 0 Å². The minimum Gasteiger partial charge on any atom is -0.330 e. The fraction of sp³-hybridized carbons (Fsp3) is 0.412. The Labute approximate surface area is 137 Å². The number of aromatic nitrogens is 2. The number of carbonyl (C=O) groups excluding carboxylic acids is 1. The average Bonchev–Trinajstić information content (AvgIpc) is 3.12. The van der Waals surface area contributed by atoms with Gasteiger partial charge in [0.2, 0.25) is 0 Å². The molecule has 24 heavy (non-hydrogen) atoms. The maximum atomic E-state index is 12.8. The second-order valence-corrected chi connectivity index (χ2v) is 6.11. The van der Waals surface area contributed by atoms with Crippen LogP contribution in [0.15, 0.2) is 30.3 Å². The molecule has 2 heterocycles. The van der Waals surface area contributed by atoms with E-state index >= 15 is 0 Å². The van der Waals surface area contributed by atoms with E-state index < -0.39 is 17.8 Å². The fourth-order valence-corrected chi connectivity index (χ4v) is 3.19. The molecule has 128 valence electrons. The van der Waals surface area contributed by atoms with Gasteiger partial charge >= 0.3 is 6.18 Å². The van der Waals surface area contributed by atoms with Gasteiger partial charge in [-0.15, -0.1) is 0 Å². The first-order chi connectivity index (χ1) is 11.3. The van der Waals surface area contributed by atoms with Crippen LogP contribution in [-0.2, 0) is 13.2 Å². The Morgan fingerprint density at radius 2 is 2.04 bits per heavy atom. The topological polar surface area (TPSA) is 38.1 Å². The molecule has 0 radical (unpaired) electrons. The molecule has 0 aliphatic carbocycles. The summed E-state index contributed by atoms with van der Waals surface area (Å²) in [6.07, 6.45) is -2.93. The van der Waals surface area contributed by atoms with Crippen LogP contribution in [0.3, 0.4) is 0 Å². The van der Waals surface area contributed by atoms with E-state index in [1.54, 1.807) is 4.90 Å². The number of aryl methyl sites for hydroxylation is 2. The van der Waals surface area contributed by atoms with E-state index in [2.05, 4.69) is 5.10 Å².